The number of aliphatic hydroxyl groups excluding tert-OH is 6. The Morgan fingerprint density at radius 2 is 1.17 bits per heavy atom. The fourth-order valence-electron chi connectivity index (χ4n) is 2.66. The number of rotatable bonds is 4. The molecule has 23 heavy (non-hydrogen) atoms. The van der Waals surface area contributed by atoms with E-state index in [4.69, 9.17) is 14.2 Å². The molecule has 2 saturated heterocycles. The molecule has 0 aromatic carbocycles. The highest BCUT2D eigenvalue weighted by molar-refractivity contribution is 4.92. The molecule has 0 aromatic heterocycles. The van der Waals surface area contributed by atoms with E-state index < -0.39 is 68.1 Å². The van der Waals surface area contributed by atoms with Crippen LogP contribution in [0.15, 0.2) is 0 Å². The van der Waals surface area contributed by atoms with Gasteiger partial charge in [0.15, 0.2) is 12.6 Å². The summed E-state index contributed by atoms with van der Waals surface area (Å²) in [6, 6.07) is 0. The summed E-state index contributed by atoms with van der Waals surface area (Å²) in [7, 11) is 0. The number of alkyl halides is 1. The highest BCUT2D eigenvalue weighted by Crippen LogP contribution is 2.28. The maximum atomic E-state index is 12.8. The molecule has 0 aliphatic carbocycles. The van der Waals surface area contributed by atoms with E-state index in [2.05, 4.69) is 0 Å². The van der Waals surface area contributed by atoms with E-state index in [1.165, 1.54) is 0 Å². The smallest absolute Gasteiger partial charge is 0.189 e. The fraction of sp³-hybridized carbons (Fsp3) is 1.00. The fourth-order valence-corrected chi connectivity index (χ4v) is 2.66. The van der Waals surface area contributed by atoms with Gasteiger partial charge in [0, 0.05) is 0 Å². The molecule has 136 valence electrons. The summed E-state index contributed by atoms with van der Waals surface area (Å²) in [4.78, 5) is 0. The summed E-state index contributed by atoms with van der Waals surface area (Å²) < 4.78 is 28.3. The van der Waals surface area contributed by atoms with E-state index in [1.54, 1.807) is 6.92 Å². The lowest BCUT2D eigenvalue weighted by atomic mass is 9.97. The summed E-state index contributed by atoms with van der Waals surface area (Å²) in [5.41, 5.74) is 0. The molecule has 2 aliphatic rings. The van der Waals surface area contributed by atoms with Gasteiger partial charge < -0.3 is 44.8 Å². The van der Waals surface area contributed by atoms with Crippen molar-refractivity contribution in [3.05, 3.63) is 0 Å². The van der Waals surface area contributed by atoms with Crippen LogP contribution in [0.2, 0.25) is 0 Å². The van der Waals surface area contributed by atoms with Gasteiger partial charge >= 0.3 is 0 Å². The van der Waals surface area contributed by atoms with Gasteiger partial charge in [0.1, 0.15) is 49.4 Å². The maximum Gasteiger partial charge on any atom is 0.189 e. The Morgan fingerprint density at radius 1 is 0.739 bits per heavy atom. The topological polar surface area (TPSA) is 149 Å². The zero-order chi connectivity index (χ0) is 17.3. The minimum Gasteiger partial charge on any atom is -0.388 e. The van der Waals surface area contributed by atoms with E-state index in [0.29, 0.717) is 6.42 Å². The average Bonchev–Trinajstić information content (AvgIpc) is 2.55. The molecule has 2 aliphatic heterocycles. The van der Waals surface area contributed by atoms with Crippen LogP contribution in [0.5, 0.6) is 0 Å². The summed E-state index contributed by atoms with van der Waals surface area (Å²) in [6.07, 6.45) is -14.6. The molecule has 9 nitrogen and oxygen atoms in total. The SMILES string of the molecule is CCC1O[C@H](O[C@H]2OC(CF)[C@@H](O)[C@H](O)C2O)[C@H](O)C(O)[C@@H]1O. The van der Waals surface area contributed by atoms with Crippen LogP contribution in [0.4, 0.5) is 4.39 Å². The largest absolute Gasteiger partial charge is 0.388 e. The van der Waals surface area contributed by atoms with E-state index in [-0.39, 0.29) is 0 Å². The van der Waals surface area contributed by atoms with E-state index in [0.717, 1.165) is 0 Å². The lowest BCUT2D eigenvalue weighted by Gasteiger charge is -2.44. The van der Waals surface area contributed by atoms with Crippen molar-refractivity contribution in [3.63, 3.8) is 0 Å². The van der Waals surface area contributed by atoms with Crippen molar-refractivity contribution in [2.24, 2.45) is 0 Å². The molecular weight excluding hydrogens is 319 g/mol. The zero-order valence-corrected chi connectivity index (χ0v) is 12.5. The summed E-state index contributed by atoms with van der Waals surface area (Å²) in [5, 5.41) is 58.5. The second-order valence-corrected chi connectivity index (χ2v) is 5.73. The first-order valence-electron chi connectivity index (χ1n) is 7.42. The van der Waals surface area contributed by atoms with Gasteiger partial charge in [-0.05, 0) is 6.42 Å². The molecule has 2 fully saturated rings. The molecule has 10 atom stereocenters. The zero-order valence-electron chi connectivity index (χ0n) is 12.5. The first-order chi connectivity index (χ1) is 10.8. The Hall–Kier alpha value is -0.430. The molecule has 0 saturated carbocycles. The molecule has 0 spiro atoms. The Bertz CT molecular complexity index is 348. The van der Waals surface area contributed by atoms with Gasteiger partial charge in [0.05, 0.1) is 6.10 Å². The first kappa shape index (κ1) is 18.9. The van der Waals surface area contributed by atoms with Crippen LogP contribution in [0.1, 0.15) is 13.3 Å². The lowest BCUT2D eigenvalue weighted by molar-refractivity contribution is -0.374. The standard InChI is InChI=1S/C13H23FO9/c1-2-4-6(15)8(17)10(19)12(21-4)23-13-11(20)9(18)7(16)5(3-14)22-13/h4-13,15-20H,2-3H2,1H3/t4?,5?,6-,7-,8?,9+,10-,11?,12-,13-/m1/s1. The van der Waals surface area contributed by atoms with Crippen molar-refractivity contribution in [2.75, 3.05) is 6.67 Å². The highest BCUT2D eigenvalue weighted by atomic mass is 19.1. The predicted molar refractivity (Wildman–Crippen MR) is 70.7 cm³/mol. The van der Waals surface area contributed by atoms with E-state index in [1.807, 2.05) is 0 Å². The monoisotopic (exact) mass is 342 g/mol. The van der Waals surface area contributed by atoms with Crippen LogP contribution < -0.4 is 0 Å². The molecule has 6 N–H and O–H groups in total. The number of ether oxygens (including phenoxy) is 3. The molecule has 4 unspecified atom stereocenters. The molecule has 2 heterocycles. The summed E-state index contributed by atoms with van der Waals surface area (Å²) in [5.74, 6) is 0. The number of hydrogen-bond donors (Lipinski definition) is 6. The molecular formula is C13H23FO9. The minimum absolute atomic E-state index is 0.313. The average molecular weight is 342 g/mol. The third kappa shape index (κ3) is 3.65. The Morgan fingerprint density at radius 3 is 1.61 bits per heavy atom. The molecule has 0 aromatic rings. The van der Waals surface area contributed by atoms with Crippen molar-refractivity contribution in [3.8, 4) is 0 Å². The van der Waals surface area contributed by atoms with Crippen LogP contribution in [0.25, 0.3) is 0 Å². The molecule has 0 amide bonds. The van der Waals surface area contributed by atoms with Crippen LogP contribution in [0.3, 0.4) is 0 Å². The maximum absolute atomic E-state index is 12.8. The van der Waals surface area contributed by atoms with Crippen LogP contribution >= 0.6 is 0 Å². The van der Waals surface area contributed by atoms with Gasteiger partial charge in [0.2, 0.25) is 0 Å². The van der Waals surface area contributed by atoms with Gasteiger partial charge in [0.25, 0.3) is 0 Å². The second kappa shape index (κ2) is 7.64. The van der Waals surface area contributed by atoms with Crippen molar-refractivity contribution >= 4 is 0 Å². The third-order valence-electron chi connectivity index (χ3n) is 4.16. The number of halogens is 1. The lowest BCUT2D eigenvalue weighted by Crippen LogP contribution is -2.63. The number of hydrogen-bond acceptors (Lipinski definition) is 9. The first-order valence-corrected chi connectivity index (χ1v) is 7.42. The highest BCUT2D eigenvalue weighted by Gasteiger charge is 2.49. The van der Waals surface area contributed by atoms with Crippen molar-refractivity contribution in [2.45, 2.75) is 74.8 Å². The Labute approximate surface area is 131 Å². The molecule has 0 bridgehead atoms. The van der Waals surface area contributed by atoms with E-state index in [9.17, 15) is 35.0 Å². The van der Waals surface area contributed by atoms with Gasteiger partial charge in [-0.25, -0.2) is 4.39 Å². The van der Waals surface area contributed by atoms with Crippen molar-refractivity contribution in [1.82, 2.24) is 0 Å². The van der Waals surface area contributed by atoms with Gasteiger partial charge in [-0.1, -0.05) is 6.92 Å². The Kier molecular flexibility index (Phi) is 6.28. The summed E-state index contributed by atoms with van der Waals surface area (Å²) >= 11 is 0. The summed E-state index contributed by atoms with van der Waals surface area (Å²) in [6.45, 7) is 0.554. The van der Waals surface area contributed by atoms with Gasteiger partial charge in [-0.15, -0.1) is 0 Å². The number of aliphatic hydroxyl groups is 6. The Balaban J connectivity index is 2.07. The van der Waals surface area contributed by atoms with Crippen LogP contribution in [-0.4, -0.2) is 98.7 Å². The molecule has 2 rings (SSSR count). The van der Waals surface area contributed by atoms with Crippen molar-refractivity contribution in [1.29, 1.82) is 0 Å². The van der Waals surface area contributed by atoms with Gasteiger partial charge in [-0.2, -0.15) is 0 Å². The molecule has 0 radical (unpaired) electrons. The van der Waals surface area contributed by atoms with E-state index >= 15 is 0 Å². The van der Waals surface area contributed by atoms with Crippen LogP contribution in [-0.2, 0) is 14.2 Å². The minimum atomic E-state index is -1.72. The second-order valence-electron chi connectivity index (χ2n) is 5.73. The normalized spacial score (nSPS) is 51.7. The van der Waals surface area contributed by atoms with Crippen LogP contribution in [0, 0.1) is 0 Å². The van der Waals surface area contributed by atoms with Crippen molar-refractivity contribution < 1.29 is 49.2 Å². The molecule has 10 heteroatoms. The predicted octanol–water partition coefficient (Wildman–Crippen LogP) is -3.00. The quantitative estimate of drug-likeness (QED) is 0.314. The van der Waals surface area contributed by atoms with Gasteiger partial charge in [-0.3, -0.25) is 0 Å². The third-order valence-corrected chi connectivity index (χ3v) is 4.16.